The Morgan fingerprint density at radius 2 is 2.09 bits per heavy atom. The van der Waals surface area contributed by atoms with Crippen LogP contribution >= 0.6 is 0 Å². The van der Waals surface area contributed by atoms with E-state index in [2.05, 4.69) is 10.6 Å². The molecule has 1 aliphatic heterocycles. The summed E-state index contributed by atoms with van der Waals surface area (Å²) in [6, 6.07) is 5.29. The second-order valence-corrected chi connectivity index (χ2v) is 6.19. The predicted molar refractivity (Wildman–Crippen MR) is 87.4 cm³/mol. The first kappa shape index (κ1) is 17.3. The number of anilines is 1. The molecule has 0 saturated heterocycles. The Morgan fingerprint density at radius 1 is 1.35 bits per heavy atom. The number of benzene rings is 1. The SMILES string of the molecule is CC(C)CO[C@H](C)C(=O)N[C@H](C)c1ccc2c(c1)NC(=O)CO2. The average molecular weight is 320 g/mol. The van der Waals surface area contributed by atoms with E-state index >= 15 is 0 Å². The predicted octanol–water partition coefficient (Wildman–Crippen LogP) is 2.26. The van der Waals surface area contributed by atoms with Crippen LogP contribution in [0.25, 0.3) is 0 Å². The molecular formula is C17H24N2O4. The van der Waals surface area contributed by atoms with Crippen molar-refractivity contribution in [2.45, 2.75) is 39.8 Å². The maximum absolute atomic E-state index is 12.1. The Hall–Kier alpha value is -2.08. The highest BCUT2D eigenvalue weighted by Gasteiger charge is 2.20. The molecule has 0 saturated carbocycles. The van der Waals surface area contributed by atoms with Crippen LogP contribution in [0.5, 0.6) is 5.75 Å². The molecular weight excluding hydrogens is 296 g/mol. The summed E-state index contributed by atoms with van der Waals surface area (Å²) in [7, 11) is 0. The normalized spacial score (nSPS) is 16.1. The highest BCUT2D eigenvalue weighted by atomic mass is 16.5. The van der Waals surface area contributed by atoms with Gasteiger partial charge in [0.05, 0.1) is 11.7 Å². The molecule has 23 heavy (non-hydrogen) atoms. The lowest BCUT2D eigenvalue weighted by atomic mass is 10.1. The van der Waals surface area contributed by atoms with Gasteiger partial charge in [-0.25, -0.2) is 0 Å². The van der Waals surface area contributed by atoms with Crippen molar-refractivity contribution in [3.05, 3.63) is 23.8 Å². The molecule has 0 spiro atoms. The van der Waals surface area contributed by atoms with Crippen LogP contribution in [0.4, 0.5) is 5.69 Å². The maximum atomic E-state index is 12.1. The van der Waals surface area contributed by atoms with Gasteiger partial charge in [0.2, 0.25) is 5.91 Å². The van der Waals surface area contributed by atoms with Gasteiger partial charge in [0.1, 0.15) is 11.9 Å². The molecule has 1 heterocycles. The van der Waals surface area contributed by atoms with Crippen LogP contribution < -0.4 is 15.4 Å². The van der Waals surface area contributed by atoms with Gasteiger partial charge in [-0.2, -0.15) is 0 Å². The van der Waals surface area contributed by atoms with Crippen LogP contribution in [-0.4, -0.2) is 31.1 Å². The van der Waals surface area contributed by atoms with Gasteiger partial charge in [-0.3, -0.25) is 9.59 Å². The minimum absolute atomic E-state index is 0.0311. The fraction of sp³-hybridized carbons (Fsp3) is 0.529. The number of nitrogens with one attached hydrogen (secondary N) is 2. The summed E-state index contributed by atoms with van der Waals surface area (Å²) in [6.07, 6.45) is -0.500. The second-order valence-electron chi connectivity index (χ2n) is 6.19. The molecule has 6 heteroatoms. The summed E-state index contributed by atoms with van der Waals surface area (Å²) in [6.45, 7) is 8.29. The summed E-state index contributed by atoms with van der Waals surface area (Å²) < 4.78 is 10.8. The first-order chi connectivity index (χ1) is 10.9. The number of hydrogen-bond acceptors (Lipinski definition) is 4. The molecule has 2 rings (SSSR count). The third-order valence-electron chi connectivity index (χ3n) is 3.54. The zero-order valence-electron chi connectivity index (χ0n) is 14.0. The first-order valence-electron chi connectivity index (χ1n) is 7.85. The number of carbonyl (C=O) groups is 2. The smallest absolute Gasteiger partial charge is 0.262 e. The molecule has 1 aromatic rings. The van der Waals surface area contributed by atoms with E-state index in [0.717, 1.165) is 5.56 Å². The standard InChI is InChI=1S/C17H24N2O4/c1-10(2)8-22-12(4)17(21)18-11(3)13-5-6-15-14(7-13)19-16(20)9-23-15/h5-7,10-12H,8-9H2,1-4H3,(H,18,21)(H,19,20)/t11-,12-/m1/s1. The summed E-state index contributed by atoms with van der Waals surface area (Å²) in [5.74, 6) is 0.686. The topological polar surface area (TPSA) is 76.7 Å². The van der Waals surface area contributed by atoms with Crippen LogP contribution in [0, 0.1) is 5.92 Å². The largest absolute Gasteiger partial charge is 0.482 e. The van der Waals surface area contributed by atoms with Crippen molar-refractivity contribution in [1.29, 1.82) is 0 Å². The molecule has 0 aromatic heterocycles. The molecule has 0 bridgehead atoms. The summed E-state index contributed by atoms with van der Waals surface area (Å²) >= 11 is 0. The second kappa shape index (κ2) is 7.46. The summed E-state index contributed by atoms with van der Waals surface area (Å²) in [5, 5.41) is 5.68. The zero-order valence-corrected chi connectivity index (χ0v) is 14.0. The van der Waals surface area contributed by atoms with E-state index in [1.165, 1.54) is 0 Å². The van der Waals surface area contributed by atoms with E-state index in [1.54, 1.807) is 13.0 Å². The maximum Gasteiger partial charge on any atom is 0.262 e. The van der Waals surface area contributed by atoms with Gasteiger partial charge in [0, 0.05) is 6.61 Å². The number of ether oxygens (including phenoxy) is 2. The lowest BCUT2D eigenvalue weighted by Crippen LogP contribution is -2.36. The number of rotatable bonds is 6. The number of fused-ring (bicyclic) bond motifs is 1. The molecule has 1 aromatic carbocycles. The fourth-order valence-corrected chi connectivity index (χ4v) is 2.20. The number of amides is 2. The van der Waals surface area contributed by atoms with Crippen LogP contribution in [0.15, 0.2) is 18.2 Å². The highest BCUT2D eigenvalue weighted by molar-refractivity contribution is 5.95. The lowest BCUT2D eigenvalue weighted by molar-refractivity contribution is -0.133. The van der Waals surface area contributed by atoms with E-state index < -0.39 is 6.10 Å². The van der Waals surface area contributed by atoms with E-state index in [4.69, 9.17) is 9.47 Å². The molecule has 0 fully saturated rings. The van der Waals surface area contributed by atoms with Crippen LogP contribution in [0.2, 0.25) is 0 Å². The minimum atomic E-state index is -0.500. The van der Waals surface area contributed by atoms with Crippen molar-refractivity contribution < 1.29 is 19.1 Å². The average Bonchev–Trinajstić information content (AvgIpc) is 2.51. The molecule has 2 amide bonds. The van der Waals surface area contributed by atoms with Crippen molar-refractivity contribution in [1.82, 2.24) is 5.32 Å². The monoisotopic (exact) mass is 320 g/mol. The first-order valence-corrected chi connectivity index (χ1v) is 7.85. The van der Waals surface area contributed by atoms with Gasteiger partial charge in [-0.05, 0) is 37.5 Å². The van der Waals surface area contributed by atoms with Gasteiger partial charge in [0.15, 0.2) is 6.61 Å². The van der Waals surface area contributed by atoms with E-state index in [-0.39, 0.29) is 24.5 Å². The molecule has 2 atom stereocenters. The molecule has 0 unspecified atom stereocenters. The molecule has 0 aliphatic carbocycles. The molecule has 2 N–H and O–H groups in total. The van der Waals surface area contributed by atoms with Gasteiger partial charge >= 0.3 is 0 Å². The van der Waals surface area contributed by atoms with Gasteiger partial charge < -0.3 is 20.1 Å². The zero-order chi connectivity index (χ0) is 17.0. The number of carbonyl (C=O) groups excluding carboxylic acids is 2. The van der Waals surface area contributed by atoms with Gasteiger partial charge in [-0.15, -0.1) is 0 Å². The minimum Gasteiger partial charge on any atom is -0.482 e. The van der Waals surface area contributed by atoms with E-state index in [9.17, 15) is 9.59 Å². The van der Waals surface area contributed by atoms with E-state index in [0.29, 0.717) is 24.0 Å². The lowest BCUT2D eigenvalue weighted by Gasteiger charge is -2.22. The molecule has 0 radical (unpaired) electrons. The van der Waals surface area contributed by atoms with Crippen LogP contribution in [-0.2, 0) is 14.3 Å². The van der Waals surface area contributed by atoms with Crippen molar-refractivity contribution >= 4 is 17.5 Å². The quantitative estimate of drug-likeness (QED) is 0.843. The molecule has 6 nitrogen and oxygen atoms in total. The van der Waals surface area contributed by atoms with Crippen LogP contribution in [0.3, 0.4) is 0 Å². The third kappa shape index (κ3) is 4.69. The molecule has 1 aliphatic rings. The Balaban J connectivity index is 1.97. The summed E-state index contributed by atoms with van der Waals surface area (Å²) in [4.78, 5) is 23.5. The van der Waals surface area contributed by atoms with Crippen molar-refractivity contribution in [3.63, 3.8) is 0 Å². The van der Waals surface area contributed by atoms with Gasteiger partial charge in [-0.1, -0.05) is 19.9 Å². The van der Waals surface area contributed by atoms with Crippen molar-refractivity contribution in [2.24, 2.45) is 5.92 Å². The summed E-state index contributed by atoms with van der Waals surface area (Å²) in [5.41, 5.74) is 1.52. The van der Waals surface area contributed by atoms with Crippen LogP contribution in [0.1, 0.15) is 39.3 Å². The Kier molecular flexibility index (Phi) is 5.60. The Morgan fingerprint density at radius 3 is 2.78 bits per heavy atom. The molecule has 126 valence electrons. The Labute approximate surface area is 136 Å². The number of hydrogen-bond donors (Lipinski definition) is 2. The van der Waals surface area contributed by atoms with E-state index in [1.807, 2.05) is 32.9 Å². The van der Waals surface area contributed by atoms with Crippen molar-refractivity contribution in [2.75, 3.05) is 18.5 Å². The van der Waals surface area contributed by atoms with Gasteiger partial charge in [0.25, 0.3) is 5.91 Å². The Bertz CT molecular complexity index is 586. The third-order valence-corrected chi connectivity index (χ3v) is 3.54. The van der Waals surface area contributed by atoms with Crippen molar-refractivity contribution in [3.8, 4) is 5.75 Å². The fourth-order valence-electron chi connectivity index (χ4n) is 2.20. The highest BCUT2D eigenvalue weighted by Crippen LogP contribution is 2.30.